The number of benzene rings is 1. The van der Waals surface area contributed by atoms with Gasteiger partial charge >= 0.3 is 5.97 Å². The van der Waals surface area contributed by atoms with Crippen molar-refractivity contribution in [1.29, 1.82) is 0 Å². The normalized spacial score (nSPS) is 15.2. The largest absolute Gasteiger partial charge is 0.490 e. The minimum atomic E-state index is -0.466. The van der Waals surface area contributed by atoms with Crippen molar-refractivity contribution in [2.24, 2.45) is 4.99 Å². The van der Waals surface area contributed by atoms with E-state index in [1.54, 1.807) is 24.3 Å². The number of hydrogen-bond acceptors (Lipinski definition) is 6. The molecule has 0 fully saturated rings. The highest BCUT2D eigenvalue weighted by atomic mass is 79.9. The van der Waals surface area contributed by atoms with Crippen LogP contribution in [0.3, 0.4) is 0 Å². The molecule has 0 atom stereocenters. The monoisotopic (exact) mass is 421 g/mol. The van der Waals surface area contributed by atoms with Gasteiger partial charge in [-0.3, -0.25) is 0 Å². The van der Waals surface area contributed by atoms with Gasteiger partial charge < -0.3 is 14.2 Å². The number of carbonyl (C=O) groups excluding carboxylic acids is 1. The van der Waals surface area contributed by atoms with Gasteiger partial charge in [-0.2, -0.15) is 0 Å². The molecule has 3 rings (SSSR count). The predicted molar refractivity (Wildman–Crippen MR) is 101 cm³/mol. The average molecular weight is 422 g/mol. The van der Waals surface area contributed by atoms with Crippen molar-refractivity contribution >= 4 is 45.2 Å². The summed E-state index contributed by atoms with van der Waals surface area (Å²) in [5.41, 5.74) is 0.937. The maximum Gasteiger partial charge on any atom is 0.363 e. The highest BCUT2D eigenvalue weighted by Crippen LogP contribution is 2.31. The first kappa shape index (κ1) is 17.7. The molecule has 0 amide bonds. The molecule has 0 saturated heterocycles. The van der Waals surface area contributed by atoms with Gasteiger partial charge in [0.2, 0.25) is 5.90 Å². The van der Waals surface area contributed by atoms with Gasteiger partial charge in [-0.1, -0.05) is 0 Å². The highest BCUT2D eigenvalue weighted by molar-refractivity contribution is 9.10. The molecule has 0 spiro atoms. The second-order valence-electron chi connectivity index (χ2n) is 5.03. The maximum atomic E-state index is 12.1. The van der Waals surface area contributed by atoms with Crippen LogP contribution < -0.4 is 9.47 Å². The Balaban J connectivity index is 1.91. The zero-order chi connectivity index (χ0) is 17.8. The number of aliphatic imine (C=N–C) groups is 1. The van der Waals surface area contributed by atoms with Crippen LogP contribution in [-0.2, 0) is 9.53 Å². The van der Waals surface area contributed by atoms with Gasteiger partial charge in [-0.25, -0.2) is 9.79 Å². The first-order chi connectivity index (χ1) is 12.1. The van der Waals surface area contributed by atoms with Crippen LogP contribution in [0.2, 0.25) is 0 Å². The van der Waals surface area contributed by atoms with Crippen LogP contribution in [0.25, 0.3) is 6.08 Å². The van der Waals surface area contributed by atoms with Gasteiger partial charge in [-0.15, -0.1) is 11.3 Å². The lowest BCUT2D eigenvalue weighted by atomic mass is 10.2. The number of nitrogens with zero attached hydrogens (tertiary/aromatic N) is 1. The van der Waals surface area contributed by atoms with Crippen molar-refractivity contribution in [3.8, 4) is 11.5 Å². The van der Waals surface area contributed by atoms with Crippen LogP contribution in [0.1, 0.15) is 24.3 Å². The quantitative estimate of drug-likeness (QED) is 0.502. The molecule has 7 heteroatoms. The maximum absolute atomic E-state index is 12.1. The molecule has 130 valence electrons. The van der Waals surface area contributed by atoms with Crippen molar-refractivity contribution in [1.82, 2.24) is 0 Å². The Kier molecular flexibility index (Phi) is 5.55. The summed E-state index contributed by atoms with van der Waals surface area (Å²) in [4.78, 5) is 17.3. The van der Waals surface area contributed by atoms with E-state index >= 15 is 0 Å². The number of esters is 1. The van der Waals surface area contributed by atoms with Crippen molar-refractivity contribution < 1.29 is 19.0 Å². The number of rotatable bonds is 6. The van der Waals surface area contributed by atoms with Crippen LogP contribution in [0, 0.1) is 0 Å². The molecule has 25 heavy (non-hydrogen) atoms. The molecule has 0 aliphatic carbocycles. The Labute approximate surface area is 158 Å². The lowest BCUT2D eigenvalue weighted by molar-refractivity contribution is -0.129. The molecular weight excluding hydrogens is 406 g/mol. The fraction of sp³-hybridized carbons (Fsp3) is 0.222. The minimum absolute atomic E-state index is 0.260. The zero-order valence-corrected chi connectivity index (χ0v) is 16.1. The Hall–Kier alpha value is -2.12. The van der Waals surface area contributed by atoms with Gasteiger partial charge in [0, 0.05) is 20.3 Å². The molecule has 0 radical (unpaired) electrons. The fourth-order valence-corrected chi connectivity index (χ4v) is 3.63. The molecule has 2 aromatic rings. The third-order valence-electron chi connectivity index (χ3n) is 3.28. The summed E-state index contributed by atoms with van der Waals surface area (Å²) in [5, 5.41) is 1.94. The first-order valence-corrected chi connectivity index (χ1v) is 9.44. The molecule has 1 aliphatic heterocycles. The lowest BCUT2D eigenvalue weighted by Gasteiger charge is -2.11. The SMILES string of the molecule is CCOc1ccc(C2=N/C(=C\c3cc(Br)cs3)C(=O)O2)cc1OCC. The lowest BCUT2D eigenvalue weighted by Crippen LogP contribution is -2.06. The fourth-order valence-electron chi connectivity index (χ4n) is 2.26. The molecule has 0 saturated carbocycles. The topological polar surface area (TPSA) is 57.1 Å². The Morgan fingerprint density at radius 1 is 1.20 bits per heavy atom. The van der Waals surface area contributed by atoms with Crippen LogP contribution in [0.15, 0.2) is 44.8 Å². The summed E-state index contributed by atoms with van der Waals surface area (Å²) in [6.45, 7) is 4.86. The van der Waals surface area contributed by atoms with Crippen LogP contribution in [0.5, 0.6) is 11.5 Å². The number of ether oxygens (including phenoxy) is 3. The summed E-state index contributed by atoms with van der Waals surface area (Å²) in [6, 6.07) is 7.27. The smallest absolute Gasteiger partial charge is 0.363 e. The molecule has 1 aliphatic rings. The summed E-state index contributed by atoms with van der Waals surface area (Å²) in [6.07, 6.45) is 1.71. The van der Waals surface area contributed by atoms with Crippen LogP contribution in [0.4, 0.5) is 0 Å². The molecule has 0 N–H and O–H groups in total. The summed E-state index contributed by atoms with van der Waals surface area (Å²) < 4.78 is 17.4. The first-order valence-electron chi connectivity index (χ1n) is 7.77. The standard InChI is InChI=1S/C18H16BrNO4S/c1-3-22-15-6-5-11(7-16(15)23-4-2)17-20-14(18(21)24-17)9-13-8-12(19)10-25-13/h5-10H,3-4H2,1-2H3/b14-9-. The number of carbonyl (C=O) groups is 1. The number of halogens is 1. The predicted octanol–water partition coefficient (Wildman–Crippen LogP) is 4.65. The molecule has 2 heterocycles. The van der Waals surface area contributed by atoms with E-state index in [0.29, 0.717) is 30.3 Å². The number of thiophene rings is 1. The Morgan fingerprint density at radius 2 is 1.96 bits per heavy atom. The number of cyclic esters (lactones) is 1. The molecule has 1 aromatic carbocycles. The minimum Gasteiger partial charge on any atom is -0.490 e. The van der Waals surface area contributed by atoms with Crippen LogP contribution >= 0.6 is 27.3 Å². The highest BCUT2D eigenvalue weighted by Gasteiger charge is 2.25. The second kappa shape index (κ2) is 7.84. The third-order valence-corrected chi connectivity index (χ3v) is 4.92. The van der Waals surface area contributed by atoms with E-state index in [2.05, 4.69) is 20.9 Å². The zero-order valence-electron chi connectivity index (χ0n) is 13.7. The van der Waals surface area contributed by atoms with E-state index in [0.717, 1.165) is 9.35 Å². The van der Waals surface area contributed by atoms with E-state index in [9.17, 15) is 4.79 Å². The van der Waals surface area contributed by atoms with Gasteiger partial charge in [0.1, 0.15) is 0 Å². The Bertz CT molecular complexity index is 857. The van der Waals surface area contributed by atoms with E-state index in [1.807, 2.05) is 25.3 Å². The average Bonchev–Trinajstić information content (AvgIpc) is 3.16. The van der Waals surface area contributed by atoms with E-state index in [-0.39, 0.29) is 11.6 Å². The molecule has 0 bridgehead atoms. The van der Waals surface area contributed by atoms with Gasteiger partial charge in [-0.05, 0) is 60.1 Å². The summed E-state index contributed by atoms with van der Waals surface area (Å²) in [5.74, 6) is 1.04. The Morgan fingerprint density at radius 3 is 2.64 bits per heavy atom. The third kappa shape index (κ3) is 4.11. The van der Waals surface area contributed by atoms with Gasteiger partial charge in [0.15, 0.2) is 17.2 Å². The molecule has 0 unspecified atom stereocenters. The molecule has 5 nitrogen and oxygen atoms in total. The van der Waals surface area contributed by atoms with Gasteiger partial charge in [0.05, 0.1) is 13.2 Å². The summed E-state index contributed by atoms with van der Waals surface area (Å²) in [7, 11) is 0. The second-order valence-corrected chi connectivity index (χ2v) is 6.89. The van der Waals surface area contributed by atoms with Crippen molar-refractivity contribution in [2.45, 2.75) is 13.8 Å². The van der Waals surface area contributed by atoms with E-state index in [1.165, 1.54) is 11.3 Å². The summed E-state index contributed by atoms with van der Waals surface area (Å²) >= 11 is 4.91. The van der Waals surface area contributed by atoms with Crippen LogP contribution in [-0.4, -0.2) is 25.1 Å². The van der Waals surface area contributed by atoms with Crippen molar-refractivity contribution in [3.63, 3.8) is 0 Å². The van der Waals surface area contributed by atoms with Gasteiger partial charge in [0.25, 0.3) is 0 Å². The molecular formula is C18H16BrNO4S. The van der Waals surface area contributed by atoms with Crippen molar-refractivity contribution in [3.05, 3.63) is 50.3 Å². The van der Waals surface area contributed by atoms with E-state index < -0.39 is 5.97 Å². The number of hydrogen-bond donors (Lipinski definition) is 0. The van der Waals surface area contributed by atoms with Crippen molar-refractivity contribution in [2.75, 3.05) is 13.2 Å². The van der Waals surface area contributed by atoms with E-state index in [4.69, 9.17) is 14.2 Å². The molecule has 1 aromatic heterocycles.